The van der Waals surface area contributed by atoms with Crippen LogP contribution >= 0.6 is 23.2 Å². The Hall–Kier alpha value is -0.450. The number of alkyl halides is 3. The maximum Gasteiger partial charge on any atom is 0.391 e. The fourth-order valence-electron chi connectivity index (χ4n) is 3.23. The molecule has 1 fully saturated rings. The first kappa shape index (κ1) is 16.9. The minimum Gasteiger partial charge on any atom is -0.313 e. The molecule has 118 valence electrons. The van der Waals surface area contributed by atoms with Crippen LogP contribution < -0.4 is 5.32 Å². The van der Waals surface area contributed by atoms with Crippen LogP contribution in [0.1, 0.15) is 37.3 Å². The molecule has 1 aromatic rings. The van der Waals surface area contributed by atoms with E-state index < -0.39 is 12.1 Å². The zero-order chi connectivity index (χ0) is 15.6. The van der Waals surface area contributed by atoms with Gasteiger partial charge in [-0.3, -0.25) is 0 Å². The average Bonchev–Trinajstić information content (AvgIpc) is 2.44. The van der Waals surface area contributed by atoms with Gasteiger partial charge in [0.1, 0.15) is 0 Å². The second kappa shape index (κ2) is 6.76. The van der Waals surface area contributed by atoms with Crippen molar-refractivity contribution in [2.24, 2.45) is 11.8 Å². The number of benzene rings is 1. The Kier molecular flexibility index (Phi) is 5.44. The highest BCUT2D eigenvalue weighted by Gasteiger charge is 2.43. The lowest BCUT2D eigenvalue weighted by molar-refractivity contribution is -0.186. The van der Waals surface area contributed by atoms with Crippen LogP contribution in [0.3, 0.4) is 0 Å². The van der Waals surface area contributed by atoms with Crippen LogP contribution in [0.15, 0.2) is 18.2 Å². The summed E-state index contributed by atoms with van der Waals surface area (Å²) in [6.45, 7) is 0. The molecule has 0 aromatic heterocycles. The normalized spacial score (nSPS) is 24.9. The van der Waals surface area contributed by atoms with Crippen molar-refractivity contribution in [2.45, 2.75) is 37.9 Å². The molecule has 1 aliphatic rings. The van der Waals surface area contributed by atoms with Crippen molar-refractivity contribution < 1.29 is 13.2 Å². The number of halogens is 5. The van der Waals surface area contributed by atoms with Gasteiger partial charge in [0.25, 0.3) is 0 Å². The summed E-state index contributed by atoms with van der Waals surface area (Å²) in [5.74, 6) is -1.31. The third-order valence-electron chi connectivity index (χ3n) is 4.28. The van der Waals surface area contributed by atoms with E-state index in [-0.39, 0.29) is 24.8 Å². The number of rotatable bonds is 3. The van der Waals surface area contributed by atoms with Gasteiger partial charge < -0.3 is 5.32 Å². The third kappa shape index (κ3) is 3.85. The van der Waals surface area contributed by atoms with Gasteiger partial charge in [-0.1, -0.05) is 41.8 Å². The Morgan fingerprint density at radius 1 is 1.24 bits per heavy atom. The molecule has 21 heavy (non-hydrogen) atoms. The molecule has 1 N–H and O–H groups in total. The molecule has 1 saturated carbocycles. The van der Waals surface area contributed by atoms with E-state index in [1.54, 1.807) is 19.2 Å². The van der Waals surface area contributed by atoms with E-state index in [2.05, 4.69) is 5.32 Å². The largest absolute Gasteiger partial charge is 0.391 e. The highest BCUT2D eigenvalue weighted by molar-refractivity contribution is 6.42. The van der Waals surface area contributed by atoms with Crippen LogP contribution in [0.5, 0.6) is 0 Å². The first-order chi connectivity index (χ1) is 9.84. The van der Waals surface area contributed by atoms with Crippen molar-refractivity contribution in [1.29, 1.82) is 0 Å². The molecular weight excluding hydrogens is 322 g/mol. The van der Waals surface area contributed by atoms with Gasteiger partial charge in [0.2, 0.25) is 0 Å². The van der Waals surface area contributed by atoms with Gasteiger partial charge in [0.05, 0.1) is 16.0 Å². The molecule has 0 amide bonds. The highest BCUT2D eigenvalue weighted by Crippen LogP contribution is 2.45. The third-order valence-corrected chi connectivity index (χ3v) is 5.11. The fraction of sp³-hybridized carbons (Fsp3) is 0.600. The fourth-order valence-corrected chi connectivity index (χ4v) is 3.66. The molecule has 6 heteroatoms. The summed E-state index contributed by atoms with van der Waals surface area (Å²) in [7, 11) is 1.75. The maximum absolute atomic E-state index is 13.0. The number of hydrogen-bond donors (Lipinski definition) is 1. The Labute approximate surface area is 132 Å². The Morgan fingerprint density at radius 2 is 1.95 bits per heavy atom. The summed E-state index contributed by atoms with van der Waals surface area (Å²) in [6.07, 6.45) is -2.40. The van der Waals surface area contributed by atoms with Gasteiger partial charge in [-0.2, -0.15) is 13.2 Å². The lowest BCUT2D eigenvalue weighted by Gasteiger charge is -2.35. The topological polar surface area (TPSA) is 12.0 Å². The van der Waals surface area contributed by atoms with Crippen molar-refractivity contribution in [2.75, 3.05) is 7.05 Å². The summed E-state index contributed by atoms with van der Waals surface area (Å²) in [5, 5.41) is 3.97. The smallest absolute Gasteiger partial charge is 0.313 e. The van der Waals surface area contributed by atoms with E-state index in [4.69, 9.17) is 23.2 Å². The van der Waals surface area contributed by atoms with Crippen LogP contribution in [0.2, 0.25) is 10.0 Å². The van der Waals surface area contributed by atoms with E-state index in [0.717, 1.165) is 12.0 Å². The van der Waals surface area contributed by atoms with Crippen molar-refractivity contribution in [1.82, 2.24) is 5.32 Å². The minimum absolute atomic E-state index is 0.0914. The van der Waals surface area contributed by atoms with E-state index in [1.807, 2.05) is 6.07 Å². The van der Waals surface area contributed by atoms with Gasteiger partial charge in [-0.25, -0.2) is 0 Å². The van der Waals surface area contributed by atoms with Crippen LogP contribution in [-0.4, -0.2) is 13.2 Å². The molecule has 2 rings (SSSR count). The predicted molar refractivity (Wildman–Crippen MR) is 79.8 cm³/mol. The first-order valence-corrected chi connectivity index (χ1v) is 7.78. The molecule has 0 saturated heterocycles. The molecule has 1 nitrogen and oxygen atoms in total. The van der Waals surface area contributed by atoms with E-state index in [1.165, 1.54) is 0 Å². The summed E-state index contributed by atoms with van der Waals surface area (Å²) in [6, 6.07) is 5.07. The maximum atomic E-state index is 13.0. The van der Waals surface area contributed by atoms with Gasteiger partial charge in [0, 0.05) is 6.04 Å². The molecule has 0 radical (unpaired) electrons. The molecule has 1 aliphatic carbocycles. The van der Waals surface area contributed by atoms with Crippen molar-refractivity contribution in [3.8, 4) is 0 Å². The Morgan fingerprint density at radius 3 is 2.57 bits per heavy atom. The van der Waals surface area contributed by atoms with Gasteiger partial charge in [-0.15, -0.1) is 0 Å². The van der Waals surface area contributed by atoms with Gasteiger partial charge in [0.15, 0.2) is 0 Å². The molecule has 3 atom stereocenters. The van der Waals surface area contributed by atoms with E-state index in [0.29, 0.717) is 16.5 Å². The predicted octanol–water partition coefficient (Wildman–Crippen LogP) is 5.62. The molecule has 0 spiro atoms. The number of nitrogens with one attached hydrogen (secondary N) is 1. The van der Waals surface area contributed by atoms with Crippen LogP contribution in [0.25, 0.3) is 0 Å². The molecule has 3 unspecified atom stereocenters. The molecule has 1 aromatic carbocycles. The zero-order valence-corrected chi connectivity index (χ0v) is 13.2. The van der Waals surface area contributed by atoms with Gasteiger partial charge in [-0.05, 0) is 43.9 Å². The lowest BCUT2D eigenvalue weighted by Crippen LogP contribution is -2.34. The average molecular weight is 340 g/mol. The highest BCUT2D eigenvalue weighted by atomic mass is 35.5. The van der Waals surface area contributed by atoms with Crippen LogP contribution in [-0.2, 0) is 0 Å². The summed E-state index contributed by atoms with van der Waals surface area (Å²) >= 11 is 12.2. The van der Waals surface area contributed by atoms with Crippen molar-refractivity contribution >= 4 is 23.2 Å². The molecule has 0 heterocycles. The van der Waals surface area contributed by atoms with Gasteiger partial charge >= 0.3 is 6.18 Å². The monoisotopic (exact) mass is 339 g/mol. The van der Waals surface area contributed by atoms with Crippen molar-refractivity contribution in [3.05, 3.63) is 33.8 Å². The van der Waals surface area contributed by atoms with Crippen LogP contribution in [0, 0.1) is 11.8 Å². The lowest BCUT2D eigenvalue weighted by atomic mass is 9.75. The Balaban J connectivity index is 2.23. The summed E-state index contributed by atoms with van der Waals surface area (Å²) in [5.41, 5.74) is 0.777. The second-order valence-electron chi connectivity index (χ2n) is 5.57. The quantitative estimate of drug-likeness (QED) is 0.753. The standard InChI is InChI=1S/C15H18Cl2F3N/c1-21-14(11-6-3-7-12(16)13(11)17)9-4-2-5-10(8-9)15(18,19)20/h3,6-7,9-10,14,21H,2,4-5,8H2,1H3. The van der Waals surface area contributed by atoms with E-state index in [9.17, 15) is 13.2 Å². The minimum atomic E-state index is -4.12. The van der Waals surface area contributed by atoms with Crippen molar-refractivity contribution in [3.63, 3.8) is 0 Å². The molecule has 0 aliphatic heterocycles. The molecule has 0 bridgehead atoms. The summed E-state index contributed by atoms with van der Waals surface area (Å²) < 4.78 is 38.9. The van der Waals surface area contributed by atoms with E-state index >= 15 is 0 Å². The van der Waals surface area contributed by atoms with Crippen LogP contribution in [0.4, 0.5) is 13.2 Å². The molecular formula is C15H18Cl2F3N. The zero-order valence-electron chi connectivity index (χ0n) is 11.7. The summed E-state index contributed by atoms with van der Waals surface area (Å²) in [4.78, 5) is 0. The Bertz CT molecular complexity index is 490. The number of hydrogen-bond acceptors (Lipinski definition) is 1. The second-order valence-corrected chi connectivity index (χ2v) is 6.36. The first-order valence-electron chi connectivity index (χ1n) is 7.02. The SMILES string of the molecule is CNC(c1cccc(Cl)c1Cl)C1CCCC(C(F)(F)F)C1.